The molecule has 7 nitrogen and oxygen atoms in total. The Morgan fingerprint density at radius 1 is 1.15 bits per heavy atom. The lowest BCUT2D eigenvalue weighted by atomic mass is 10.1. The highest BCUT2D eigenvalue weighted by molar-refractivity contribution is 5.90. The highest BCUT2D eigenvalue weighted by Crippen LogP contribution is 2.27. The number of hydrogen-bond acceptors (Lipinski definition) is 6. The molecule has 0 bridgehead atoms. The predicted molar refractivity (Wildman–Crippen MR) is 106 cm³/mol. The summed E-state index contributed by atoms with van der Waals surface area (Å²) in [7, 11) is 1.89. The van der Waals surface area contributed by atoms with E-state index in [9.17, 15) is 0 Å². The van der Waals surface area contributed by atoms with Crippen molar-refractivity contribution in [2.75, 3.05) is 17.2 Å². The normalized spacial score (nSPS) is 13.0. The van der Waals surface area contributed by atoms with Crippen LogP contribution in [0.2, 0.25) is 0 Å². The number of aryl methyl sites for hydroxylation is 2. The van der Waals surface area contributed by atoms with Crippen molar-refractivity contribution in [1.29, 1.82) is 0 Å². The SMILES string of the molecule is Cc1nn(C)c2nc(NCC(N)c3ccccc3)nc(NC(C)(C)C)c12. The van der Waals surface area contributed by atoms with Crippen LogP contribution in [0.3, 0.4) is 0 Å². The molecule has 2 aromatic heterocycles. The first kappa shape index (κ1) is 18.1. The second-order valence-electron chi connectivity index (χ2n) is 7.58. The lowest BCUT2D eigenvalue weighted by Crippen LogP contribution is -2.27. The summed E-state index contributed by atoms with van der Waals surface area (Å²) in [5, 5.41) is 12.2. The third-order valence-electron chi connectivity index (χ3n) is 4.06. The van der Waals surface area contributed by atoms with E-state index in [2.05, 4.69) is 46.5 Å². The van der Waals surface area contributed by atoms with Gasteiger partial charge in [-0.15, -0.1) is 0 Å². The molecule has 2 heterocycles. The number of aromatic nitrogens is 4. The Morgan fingerprint density at radius 2 is 1.85 bits per heavy atom. The van der Waals surface area contributed by atoms with Crippen molar-refractivity contribution >= 4 is 22.8 Å². The van der Waals surface area contributed by atoms with E-state index < -0.39 is 0 Å². The van der Waals surface area contributed by atoms with Gasteiger partial charge < -0.3 is 16.4 Å². The van der Waals surface area contributed by atoms with Crippen LogP contribution in [0, 0.1) is 6.92 Å². The van der Waals surface area contributed by atoms with Crippen LogP contribution in [0.5, 0.6) is 0 Å². The van der Waals surface area contributed by atoms with E-state index in [1.807, 2.05) is 44.3 Å². The summed E-state index contributed by atoms with van der Waals surface area (Å²) in [6.07, 6.45) is 0. The largest absolute Gasteiger partial charge is 0.365 e. The first-order valence-corrected chi connectivity index (χ1v) is 8.78. The zero-order chi connectivity index (χ0) is 18.9. The lowest BCUT2D eigenvalue weighted by molar-refractivity contribution is 0.631. The van der Waals surface area contributed by atoms with Crippen LogP contribution in [0.25, 0.3) is 11.0 Å². The van der Waals surface area contributed by atoms with Gasteiger partial charge in [-0.25, -0.2) is 4.68 Å². The molecule has 0 aliphatic carbocycles. The van der Waals surface area contributed by atoms with Crippen molar-refractivity contribution in [3.8, 4) is 0 Å². The van der Waals surface area contributed by atoms with Crippen LogP contribution in [0.1, 0.15) is 38.1 Å². The average Bonchev–Trinajstić information content (AvgIpc) is 2.86. The molecule has 0 aliphatic heterocycles. The van der Waals surface area contributed by atoms with Gasteiger partial charge >= 0.3 is 0 Å². The van der Waals surface area contributed by atoms with E-state index in [4.69, 9.17) is 5.73 Å². The van der Waals surface area contributed by atoms with Gasteiger partial charge in [-0.05, 0) is 33.3 Å². The number of nitrogens with zero attached hydrogens (tertiary/aromatic N) is 4. The van der Waals surface area contributed by atoms with E-state index >= 15 is 0 Å². The van der Waals surface area contributed by atoms with Crippen LogP contribution in [0.4, 0.5) is 11.8 Å². The van der Waals surface area contributed by atoms with Gasteiger partial charge in [0.05, 0.1) is 11.1 Å². The van der Waals surface area contributed by atoms with Crippen LogP contribution in [-0.2, 0) is 7.05 Å². The zero-order valence-corrected chi connectivity index (χ0v) is 16.0. The molecule has 1 unspecified atom stereocenters. The minimum Gasteiger partial charge on any atom is -0.365 e. The molecule has 0 amide bonds. The molecule has 0 fully saturated rings. The molecule has 0 radical (unpaired) electrons. The van der Waals surface area contributed by atoms with Gasteiger partial charge in [-0.3, -0.25) is 0 Å². The maximum absolute atomic E-state index is 6.28. The van der Waals surface area contributed by atoms with E-state index in [0.717, 1.165) is 28.1 Å². The molecule has 7 heteroatoms. The number of hydrogen-bond donors (Lipinski definition) is 3. The summed E-state index contributed by atoms with van der Waals surface area (Å²) in [6, 6.07) is 9.86. The maximum Gasteiger partial charge on any atom is 0.226 e. The Balaban J connectivity index is 1.90. The summed E-state index contributed by atoms with van der Waals surface area (Å²) >= 11 is 0. The maximum atomic E-state index is 6.28. The Labute approximate surface area is 154 Å². The smallest absolute Gasteiger partial charge is 0.226 e. The molecule has 1 atom stereocenters. The number of fused-ring (bicyclic) bond motifs is 1. The third-order valence-corrected chi connectivity index (χ3v) is 4.06. The molecular formula is C19H27N7. The van der Waals surface area contributed by atoms with Crippen molar-refractivity contribution in [2.24, 2.45) is 12.8 Å². The molecule has 0 saturated carbocycles. The lowest BCUT2D eigenvalue weighted by Gasteiger charge is -2.22. The summed E-state index contributed by atoms with van der Waals surface area (Å²) < 4.78 is 1.78. The summed E-state index contributed by atoms with van der Waals surface area (Å²) in [5.74, 6) is 1.32. The minimum atomic E-state index is -0.136. The van der Waals surface area contributed by atoms with Crippen molar-refractivity contribution in [3.63, 3.8) is 0 Å². The van der Waals surface area contributed by atoms with Crippen molar-refractivity contribution in [1.82, 2.24) is 19.7 Å². The van der Waals surface area contributed by atoms with Gasteiger partial charge in [-0.1, -0.05) is 30.3 Å². The fourth-order valence-corrected chi connectivity index (χ4v) is 2.88. The zero-order valence-electron chi connectivity index (χ0n) is 16.0. The number of nitrogens with one attached hydrogen (secondary N) is 2. The van der Waals surface area contributed by atoms with Crippen LogP contribution in [-0.4, -0.2) is 31.8 Å². The molecule has 138 valence electrons. The van der Waals surface area contributed by atoms with E-state index in [-0.39, 0.29) is 11.6 Å². The summed E-state index contributed by atoms with van der Waals surface area (Å²) in [6.45, 7) is 8.82. The highest BCUT2D eigenvalue weighted by Gasteiger charge is 2.19. The van der Waals surface area contributed by atoms with Gasteiger partial charge in [0.1, 0.15) is 5.82 Å². The third kappa shape index (κ3) is 3.94. The molecule has 0 aliphatic rings. The average molecular weight is 353 g/mol. The molecule has 0 saturated heterocycles. The van der Waals surface area contributed by atoms with Gasteiger partial charge in [0, 0.05) is 25.2 Å². The molecular weight excluding hydrogens is 326 g/mol. The molecule has 26 heavy (non-hydrogen) atoms. The van der Waals surface area contributed by atoms with Gasteiger partial charge in [0.2, 0.25) is 5.95 Å². The second-order valence-corrected chi connectivity index (χ2v) is 7.58. The van der Waals surface area contributed by atoms with Gasteiger partial charge in [0.15, 0.2) is 5.65 Å². The Hall–Kier alpha value is -2.67. The Kier molecular flexibility index (Phi) is 4.82. The van der Waals surface area contributed by atoms with Gasteiger partial charge in [0.25, 0.3) is 0 Å². The molecule has 3 rings (SSSR count). The van der Waals surface area contributed by atoms with Crippen LogP contribution < -0.4 is 16.4 Å². The summed E-state index contributed by atoms with van der Waals surface area (Å²) in [5.41, 5.74) is 8.93. The quantitative estimate of drug-likeness (QED) is 0.653. The molecule has 1 aromatic carbocycles. The summed E-state index contributed by atoms with van der Waals surface area (Å²) in [4.78, 5) is 9.32. The second kappa shape index (κ2) is 6.92. The molecule has 3 aromatic rings. The first-order valence-electron chi connectivity index (χ1n) is 8.78. The monoisotopic (exact) mass is 353 g/mol. The van der Waals surface area contributed by atoms with E-state index in [1.165, 1.54) is 0 Å². The number of nitrogens with two attached hydrogens (primary N) is 1. The van der Waals surface area contributed by atoms with Crippen molar-refractivity contribution < 1.29 is 0 Å². The minimum absolute atomic E-state index is 0.124. The topological polar surface area (TPSA) is 93.7 Å². The number of rotatable bonds is 5. The van der Waals surface area contributed by atoms with Gasteiger partial charge in [-0.2, -0.15) is 15.1 Å². The fourth-order valence-electron chi connectivity index (χ4n) is 2.88. The van der Waals surface area contributed by atoms with Crippen molar-refractivity contribution in [2.45, 2.75) is 39.3 Å². The highest BCUT2D eigenvalue weighted by atomic mass is 15.3. The molecule has 0 spiro atoms. The number of benzene rings is 1. The predicted octanol–water partition coefficient (Wildman–Crippen LogP) is 2.99. The Bertz CT molecular complexity index is 894. The standard InChI is InChI=1S/C19H27N7/c1-12-15-16(24-19(2,3)4)22-18(23-17(15)26(5)25-12)21-11-14(20)13-9-7-6-8-10-13/h6-10,14H,11,20H2,1-5H3,(H2,21,22,23,24). The first-order chi connectivity index (χ1) is 12.2. The number of anilines is 2. The van der Waals surface area contributed by atoms with Crippen LogP contribution in [0.15, 0.2) is 30.3 Å². The van der Waals surface area contributed by atoms with E-state index in [1.54, 1.807) is 4.68 Å². The van der Waals surface area contributed by atoms with Crippen LogP contribution >= 0.6 is 0 Å². The molecule has 4 N–H and O–H groups in total. The Morgan fingerprint density at radius 3 is 2.50 bits per heavy atom. The van der Waals surface area contributed by atoms with Crippen molar-refractivity contribution in [3.05, 3.63) is 41.6 Å². The van der Waals surface area contributed by atoms with E-state index in [0.29, 0.717) is 12.5 Å². The fraction of sp³-hybridized carbons (Fsp3) is 0.421.